The van der Waals surface area contributed by atoms with Gasteiger partial charge in [-0.1, -0.05) is 42.3 Å². The van der Waals surface area contributed by atoms with Crippen LogP contribution in [0.3, 0.4) is 0 Å². The Kier molecular flexibility index (Phi) is 17.8. The lowest BCUT2D eigenvalue weighted by Gasteiger charge is -2.31. The Bertz CT molecular complexity index is 1870. The zero-order valence-corrected chi connectivity index (χ0v) is 41.0. The summed E-state index contributed by atoms with van der Waals surface area (Å²) in [6.07, 6.45) is 1.38. The van der Waals surface area contributed by atoms with Crippen LogP contribution in [-0.4, -0.2) is 92.4 Å². The number of fused-ring (bicyclic) bond motifs is 8. The number of hydroxylamine groups is 2. The molecule has 1 aliphatic carbocycles. The summed E-state index contributed by atoms with van der Waals surface area (Å²) in [4.78, 5) is 0. The Morgan fingerprint density at radius 1 is 0.403 bits per heavy atom. The highest BCUT2D eigenvalue weighted by atomic mass is 79.9. The first kappa shape index (κ1) is 49.4. The number of hydrogen-bond acceptors (Lipinski definition) is 10. The van der Waals surface area contributed by atoms with Crippen molar-refractivity contribution in [2.75, 3.05) is 91.4 Å². The monoisotopic (exact) mass is 984 g/mol. The largest absolute Gasteiger partial charge is 0.491 e. The van der Waals surface area contributed by atoms with Crippen molar-refractivity contribution >= 4 is 43.2 Å². The molecule has 338 valence electrons. The van der Waals surface area contributed by atoms with Gasteiger partial charge in [0.2, 0.25) is 0 Å². The molecule has 0 N–H and O–H groups in total. The van der Waals surface area contributed by atoms with E-state index in [-0.39, 0.29) is 26.4 Å². The fourth-order valence-corrected chi connectivity index (χ4v) is 8.53. The third-order valence-corrected chi connectivity index (χ3v) is 11.1. The van der Waals surface area contributed by atoms with E-state index in [2.05, 4.69) is 31.9 Å². The van der Waals surface area contributed by atoms with Crippen molar-refractivity contribution in [3.8, 4) is 23.0 Å². The minimum absolute atomic E-state index is 0.284. The van der Waals surface area contributed by atoms with E-state index in [1.165, 1.54) is 0 Å². The fraction of sp³-hybridized carbons (Fsp3) is 0.500. The zero-order valence-electron chi connectivity index (χ0n) is 37.8. The lowest BCUT2D eigenvalue weighted by molar-refractivity contribution is 0.102. The molecule has 0 amide bonds. The number of methoxy groups -OCH3 is 4. The number of rotatable bonds is 18. The Morgan fingerprint density at radius 2 is 0.613 bits per heavy atom. The molecular formula is C48H62Br2N2O10. The number of anilines is 2. The predicted octanol–water partition coefficient (Wildman–Crippen LogP) is 9.89. The third-order valence-electron chi connectivity index (χ3n) is 10.2. The van der Waals surface area contributed by atoms with Crippen molar-refractivity contribution < 1.29 is 48.3 Å². The maximum atomic E-state index is 14.2. The first-order valence-corrected chi connectivity index (χ1v) is 22.4. The summed E-state index contributed by atoms with van der Waals surface area (Å²) in [5, 5.41) is 30.4. The third kappa shape index (κ3) is 12.8. The molecule has 8 bridgehead atoms. The Morgan fingerprint density at radius 3 is 0.806 bits per heavy atom. The van der Waals surface area contributed by atoms with E-state index >= 15 is 0 Å². The van der Waals surface area contributed by atoms with Crippen LogP contribution >= 0.6 is 31.9 Å². The number of benzene rings is 4. The SMILES string of the molecule is COCCOc1c2cc(Br)cc1Cc1cc(N([O])C(C)(C)C)cc(c1OCCOC)Cc1cc(Br)cc(c1OCCOC)Cc1cc(N([O])C(C)(C)C)cc(c1OCCOC)C2. The second-order valence-electron chi connectivity index (χ2n) is 17.3. The van der Waals surface area contributed by atoms with Crippen molar-refractivity contribution in [2.45, 2.75) is 78.3 Å². The summed E-state index contributed by atoms with van der Waals surface area (Å²) in [6, 6.07) is 15.8. The predicted molar refractivity (Wildman–Crippen MR) is 248 cm³/mol. The normalized spacial score (nSPS) is 12.9. The molecule has 1 aliphatic rings. The molecule has 12 nitrogen and oxygen atoms in total. The van der Waals surface area contributed by atoms with Gasteiger partial charge in [0.1, 0.15) is 49.4 Å². The highest BCUT2D eigenvalue weighted by Gasteiger charge is 2.29. The van der Waals surface area contributed by atoms with Crippen molar-refractivity contribution in [3.63, 3.8) is 0 Å². The van der Waals surface area contributed by atoms with Crippen LogP contribution in [0.2, 0.25) is 0 Å². The maximum absolute atomic E-state index is 14.2. The first-order chi connectivity index (χ1) is 29.5. The van der Waals surface area contributed by atoms with Gasteiger partial charge in [-0.3, -0.25) is 0 Å². The van der Waals surface area contributed by atoms with Crippen LogP contribution in [0.25, 0.3) is 0 Å². The van der Waals surface area contributed by atoms with Crippen molar-refractivity contribution in [2.24, 2.45) is 0 Å². The van der Waals surface area contributed by atoms with Gasteiger partial charge >= 0.3 is 0 Å². The maximum Gasteiger partial charge on any atom is 0.126 e. The molecule has 14 heteroatoms. The van der Waals surface area contributed by atoms with Crippen LogP contribution in [0.5, 0.6) is 23.0 Å². The summed E-state index contributed by atoms with van der Waals surface area (Å²) in [5.74, 6) is 2.62. The van der Waals surface area contributed by atoms with E-state index in [4.69, 9.17) is 37.9 Å². The van der Waals surface area contributed by atoms with Crippen LogP contribution in [-0.2, 0) is 55.0 Å². The molecule has 4 aromatic rings. The molecule has 0 aromatic heterocycles. The fourth-order valence-electron chi connectivity index (χ4n) is 7.43. The summed E-state index contributed by atoms with van der Waals surface area (Å²) >= 11 is 7.66. The molecule has 0 fully saturated rings. The minimum atomic E-state index is -0.736. The quantitative estimate of drug-likeness (QED) is 0.0620. The van der Waals surface area contributed by atoms with E-state index in [1.807, 2.05) is 90.1 Å². The van der Waals surface area contributed by atoms with Gasteiger partial charge in [-0.2, -0.15) is 0 Å². The minimum Gasteiger partial charge on any atom is -0.491 e. The Balaban J connectivity index is 1.93. The van der Waals surface area contributed by atoms with Gasteiger partial charge < -0.3 is 37.9 Å². The number of ether oxygens (including phenoxy) is 8. The molecule has 0 heterocycles. The highest BCUT2D eigenvalue weighted by Crippen LogP contribution is 2.44. The summed E-state index contributed by atoms with van der Waals surface area (Å²) < 4.78 is 50.1. The van der Waals surface area contributed by atoms with Crippen molar-refractivity contribution in [1.82, 2.24) is 0 Å². The number of hydrogen-bond donors (Lipinski definition) is 0. The highest BCUT2D eigenvalue weighted by molar-refractivity contribution is 9.10. The van der Waals surface area contributed by atoms with Crippen LogP contribution in [0.1, 0.15) is 86.1 Å². The van der Waals surface area contributed by atoms with Crippen LogP contribution < -0.4 is 29.1 Å². The van der Waals surface area contributed by atoms with Gasteiger partial charge in [0.05, 0.1) is 48.9 Å². The second-order valence-corrected chi connectivity index (χ2v) is 19.1. The molecule has 0 saturated carbocycles. The molecule has 4 aromatic carbocycles. The number of nitrogens with zero attached hydrogens (tertiary/aromatic N) is 2. The summed E-state index contributed by atoms with van der Waals surface area (Å²) in [5.41, 5.74) is 6.14. The second kappa shape index (κ2) is 22.3. The lowest BCUT2D eigenvalue weighted by atomic mass is 9.90. The van der Waals surface area contributed by atoms with Crippen LogP contribution in [0.4, 0.5) is 11.4 Å². The Labute approximate surface area is 384 Å². The van der Waals surface area contributed by atoms with Crippen LogP contribution in [0, 0.1) is 0 Å². The van der Waals surface area contributed by atoms with Crippen molar-refractivity contribution in [1.29, 1.82) is 0 Å². The summed E-state index contributed by atoms with van der Waals surface area (Å²) in [7, 11) is 6.56. The van der Waals surface area contributed by atoms with E-state index < -0.39 is 11.1 Å². The van der Waals surface area contributed by atoms with E-state index in [9.17, 15) is 10.4 Å². The van der Waals surface area contributed by atoms with Gasteiger partial charge in [0, 0.05) is 108 Å². The number of halogens is 2. The standard InChI is InChI=1S/C48H62Br2N2O10/c1-47(2,3)51(53)41-27-35-19-31-23-39(49)25-33(43(31)59-15-11-55-7)21-37-29-42(52(54)48(4,5)6)30-38(46(37)62-18-14-58-10)22-34-26-40(50)24-32(44(34)60-16-12-56-8)20-36(28-41)45(35)61-17-13-57-9/h23-30H,11-22H2,1-10H3. The molecular weight excluding hydrogens is 924 g/mol. The van der Waals surface area contributed by atoms with E-state index in [0.717, 1.165) is 63.6 Å². The molecule has 0 unspecified atom stereocenters. The molecule has 0 saturated heterocycles. The average Bonchev–Trinajstić information content (AvgIpc) is 3.19. The van der Waals surface area contributed by atoms with E-state index in [0.29, 0.717) is 86.5 Å². The molecule has 0 spiro atoms. The summed E-state index contributed by atoms with van der Waals surface area (Å²) in [6.45, 7) is 14.0. The molecule has 0 atom stereocenters. The van der Waals surface area contributed by atoms with Gasteiger partial charge in [-0.05, 0) is 90.1 Å². The van der Waals surface area contributed by atoms with Gasteiger partial charge in [-0.15, -0.1) is 0 Å². The topological polar surface area (TPSA) is 120 Å². The average molecular weight is 987 g/mol. The molecule has 62 heavy (non-hydrogen) atoms. The van der Waals surface area contributed by atoms with Crippen LogP contribution in [0.15, 0.2) is 57.5 Å². The molecule has 2 radical (unpaired) electrons. The molecule has 5 rings (SSSR count). The molecule has 0 aliphatic heterocycles. The Hall–Kier alpha value is -3.60. The zero-order chi connectivity index (χ0) is 45.2. The van der Waals surface area contributed by atoms with Gasteiger partial charge in [-0.25, -0.2) is 10.1 Å². The van der Waals surface area contributed by atoms with Crippen molar-refractivity contribution in [3.05, 3.63) is 102 Å². The van der Waals surface area contributed by atoms with Gasteiger partial charge in [0.15, 0.2) is 0 Å². The lowest BCUT2D eigenvalue weighted by Crippen LogP contribution is -2.37. The first-order valence-electron chi connectivity index (χ1n) is 20.8. The smallest absolute Gasteiger partial charge is 0.126 e. The van der Waals surface area contributed by atoms with E-state index in [1.54, 1.807) is 28.4 Å². The van der Waals surface area contributed by atoms with Gasteiger partial charge in [0.25, 0.3) is 0 Å².